The molecular formula is C25H40N5O11PSSi. The number of hydrogen-bond acceptors (Lipinski definition) is 13. The molecule has 4 rings (SSSR count). The first-order valence-corrected chi connectivity index (χ1v) is 18.7. The third kappa shape index (κ3) is 7.47. The first-order valence-electron chi connectivity index (χ1n) is 13.9. The van der Waals surface area contributed by atoms with E-state index < -0.39 is 83.5 Å². The number of H-pyrrole nitrogens is 2. The molecule has 8 atom stereocenters. The Kier molecular flexibility index (Phi) is 10.2. The van der Waals surface area contributed by atoms with Crippen LogP contribution in [0.3, 0.4) is 0 Å². The van der Waals surface area contributed by atoms with Crippen LogP contribution in [-0.2, 0) is 27.5 Å². The monoisotopic (exact) mass is 677 g/mol. The number of ether oxygens (including phenoxy) is 2. The van der Waals surface area contributed by atoms with Gasteiger partial charge in [-0.25, -0.2) is 14.3 Å². The molecule has 1 unspecified atom stereocenters. The predicted octanol–water partition coefficient (Wildman–Crippen LogP) is 1.55. The van der Waals surface area contributed by atoms with Crippen LogP contribution < -0.4 is 17.0 Å². The van der Waals surface area contributed by atoms with Crippen LogP contribution in [-0.4, -0.2) is 86.7 Å². The highest BCUT2D eigenvalue weighted by molar-refractivity contribution is 7.71. The summed E-state index contributed by atoms with van der Waals surface area (Å²) in [5.41, 5.74) is 5.10. The molecule has 0 aromatic carbocycles. The lowest BCUT2D eigenvalue weighted by Gasteiger charge is -2.40. The Morgan fingerprint density at radius 1 is 1.23 bits per heavy atom. The minimum absolute atomic E-state index is 0.0424. The normalized spacial score (nSPS) is 29.2. The topological polar surface area (TPSA) is 233 Å². The lowest BCUT2D eigenvalue weighted by atomic mass is 10.0. The Morgan fingerprint density at radius 3 is 2.52 bits per heavy atom. The van der Waals surface area contributed by atoms with Crippen LogP contribution in [0.4, 0.5) is 5.95 Å². The highest BCUT2D eigenvalue weighted by atomic mass is 32.1. The van der Waals surface area contributed by atoms with Crippen LogP contribution in [0.5, 0.6) is 0 Å². The molecule has 2 fully saturated rings. The molecule has 16 nitrogen and oxygen atoms in total. The van der Waals surface area contributed by atoms with Crippen molar-refractivity contribution >= 4 is 34.3 Å². The average molecular weight is 678 g/mol. The summed E-state index contributed by atoms with van der Waals surface area (Å²) in [6, 6.07) is 0. The fourth-order valence-electron chi connectivity index (χ4n) is 4.71. The molecule has 2 aromatic heterocycles. The van der Waals surface area contributed by atoms with Crippen molar-refractivity contribution in [3.8, 4) is 0 Å². The molecule has 7 N–H and O–H groups in total. The highest BCUT2D eigenvalue weighted by Crippen LogP contribution is 2.52. The summed E-state index contributed by atoms with van der Waals surface area (Å²) in [7, 11) is -7.48. The number of aliphatic hydroxyl groups is 2. The van der Waals surface area contributed by atoms with Crippen LogP contribution in [0.15, 0.2) is 22.0 Å². The van der Waals surface area contributed by atoms with Crippen LogP contribution >= 0.6 is 20.0 Å². The summed E-state index contributed by atoms with van der Waals surface area (Å²) >= 11 is 5.44. The van der Waals surface area contributed by atoms with Gasteiger partial charge in [0, 0.05) is 29.9 Å². The van der Waals surface area contributed by atoms with E-state index in [1.807, 2.05) is 33.9 Å². The van der Waals surface area contributed by atoms with E-state index in [2.05, 4.69) is 15.0 Å². The maximum atomic E-state index is 13.3. The molecule has 2 saturated heterocycles. The van der Waals surface area contributed by atoms with E-state index in [1.165, 1.54) is 19.3 Å². The van der Waals surface area contributed by atoms with Gasteiger partial charge >= 0.3 is 13.5 Å². The molecule has 19 heteroatoms. The number of phosphoric acid groups is 1. The first kappa shape index (κ1) is 34.8. The highest BCUT2D eigenvalue weighted by Gasteiger charge is 2.54. The minimum atomic E-state index is -4.90. The molecule has 0 radical (unpaired) electrons. The largest absolute Gasteiger partial charge is 0.472 e. The van der Waals surface area contributed by atoms with Gasteiger partial charge in [-0.15, -0.1) is 0 Å². The Balaban J connectivity index is 1.54. The number of rotatable bonds is 10. The lowest BCUT2D eigenvalue weighted by molar-refractivity contribution is -0.0542. The van der Waals surface area contributed by atoms with Crippen LogP contribution in [0.25, 0.3) is 0 Å². The SMILES string of the molecule is Cc1cn([C@H]2C[C@H](O)[C@@H](COP(=O)(O)O[C@H]3[C@@H](O[Si](C)(C)C(C)(C)C)[C@H](c4cnc(N)[nH]c4=S)O[C@@H]3CO)O2)c(=O)[nH]c1=O. The van der Waals surface area contributed by atoms with Gasteiger partial charge in [-0.1, -0.05) is 33.0 Å². The molecule has 2 aromatic rings. The van der Waals surface area contributed by atoms with Gasteiger partial charge in [0.25, 0.3) is 5.56 Å². The zero-order valence-electron chi connectivity index (χ0n) is 25.3. The van der Waals surface area contributed by atoms with Gasteiger partial charge in [-0.2, -0.15) is 0 Å². The van der Waals surface area contributed by atoms with Crippen molar-refractivity contribution in [2.24, 2.45) is 0 Å². The number of nitrogens with two attached hydrogens (primary N) is 1. The van der Waals surface area contributed by atoms with Crippen LogP contribution in [0, 0.1) is 11.6 Å². The Labute approximate surface area is 259 Å². The van der Waals surface area contributed by atoms with Gasteiger partial charge < -0.3 is 39.7 Å². The quantitative estimate of drug-likeness (QED) is 0.119. The number of nitrogens with one attached hydrogen (secondary N) is 2. The van der Waals surface area contributed by atoms with Crippen molar-refractivity contribution in [3.63, 3.8) is 0 Å². The predicted molar refractivity (Wildman–Crippen MR) is 162 cm³/mol. The number of aliphatic hydroxyl groups excluding tert-OH is 2. The van der Waals surface area contributed by atoms with Crippen molar-refractivity contribution in [2.75, 3.05) is 18.9 Å². The fraction of sp³-hybridized carbons (Fsp3) is 0.680. The summed E-state index contributed by atoms with van der Waals surface area (Å²) in [4.78, 5) is 43.8. The van der Waals surface area contributed by atoms with Gasteiger partial charge in [0.05, 0.1) is 19.3 Å². The van der Waals surface area contributed by atoms with Crippen molar-refractivity contribution in [3.05, 3.63) is 49.0 Å². The standard InChI is InChI=1S/C25H40N5O11PSSi/c1-12-9-30(24(34)28-21(12)33)17-7-14(32)16(38-17)11-37-42(35,36)40-19-15(10-31)39-18(13-8-27-23(26)29-22(13)43)20(19)41-44(5,6)25(2,3)4/h8-9,14-20,31-32H,7,10-11H2,1-6H3,(H,35,36)(H,28,33,34)(H3,26,27,29,43)/t14-,15+,16+,17+,18-,19+,20-/m0/s1. The molecule has 2 aliphatic heterocycles. The number of aromatic amines is 2. The summed E-state index contributed by atoms with van der Waals surface area (Å²) in [5, 5.41) is 20.5. The molecule has 0 spiro atoms. The van der Waals surface area contributed by atoms with E-state index in [0.29, 0.717) is 5.56 Å². The third-order valence-electron chi connectivity index (χ3n) is 8.20. The maximum absolute atomic E-state index is 13.3. The van der Waals surface area contributed by atoms with Crippen molar-refractivity contribution in [2.45, 2.75) is 95.1 Å². The number of nitrogens with zero attached hydrogens (tertiary/aromatic N) is 2. The van der Waals surface area contributed by atoms with Crippen molar-refractivity contribution in [1.82, 2.24) is 19.5 Å². The zero-order valence-corrected chi connectivity index (χ0v) is 28.0. The second kappa shape index (κ2) is 13.0. The Bertz CT molecular complexity index is 1580. The molecule has 246 valence electrons. The summed E-state index contributed by atoms with van der Waals surface area (Å²) in [6.07, 6.45) is -4.90. The number of aryl methyl sites for hydroxylation is 1. The number of nitrogen functional groups attached to an aromatic ring is 1. The first-order chi connectivity index (χ1) is 20.3. The van der Waals surface area contributed by atoms with Gasteiger partial charge in [0.1, 0.15) is 41.4 Å². The van der Waals surface area contributed by atoms with Crippen molar-refractivity contribution < 1.29 is 42.6 Å². The fourth-order valence-corrected chi connectivity index (χ4v) is 7.23. The molecule has 0 amide bonds. The summed E-state index contributed by atoms with van der Waals surface area (Å²) in [6.45, 7) is 10.4. The molecule has 44 heavy (non-hydrogen) atoms. The molecule has 0 bridgehead atoms. The average Bonchev–Trinajstić information content (AvgIpc) is 3.43. The van der Waals surface area contributed by atoms with Crippen LogP contribution in [0.2, 0.25) is 18.1 Å². The van der Waals surface area contributed by atoms with Gasteiger partial charge in [0.2, 0.25) is 0 Å². The van der Waals surface area contributed by atoms with Gasteiger partial charge in [-0.3, -0.25) is 23.4 Å². The molecule has 0 aliphatic carbocycles. The number of aromatic nitrogens is 4. The second-order valence-electron chi connectivity index (χ2n) is 12.4. The minimum Gasteiger partial charge on any atom is -0.408 e. The van der Waals surface area contributed by atoms with E-state index in [1.54, 1.807) is 0 Å². The Hall–Kier alpha value is -2.09. The molecule has 4 heterocycles. The van der Waals surface area contributed by atoms with E-state index in [9.17, 15) is 29.3 Å². The lowest BCUT2D eigenvalue weighted by Crippen LogP contribution is -2.48. The number of anilines is 1. The molecular weight excluding hydrogens is 637 g/mol. The van der Waals surface area contributed by atoms with E-state index in [4.69, 9.17) is 40.9 Å². The zero-order chi connectivity index (χ0) is 32.8. The van der Waals surface area contributed by atoms with Crippen molar-refractivity contribution in [1.29, 1.82) is 0 Å². The maximum Gasteiger partial charge on any atom is 0.472 e. The summed E-state index contributed by atoms with van der Waals surface area (Å²) in [5.74, 6) is 0.0810. The van der Waals surface area contributed by atoms with E-state index >= 15 is 0 Å². The Morgan fingerprint density at radius 2 is 1.91 bits per heavy atom. The second-order valence-corrected chi connectivity index (χ2v) is 19.0. The smallest absolute Gasteiger partial charge is 0.408 e. The number of hydrogen-bond donors (Lipinski definition) is 6. The molecule has 0 saturated carbocycles. The van der Waals surface area contributed by atoms with Gasteiger partial charge in [0.15, 0.2) is 14.3 Å². The van der Waals surface area contributed by atoms with E-state index in [0.717, 1.165) is 4.57 Å². The molecule has 2 aliphatic rings. The number of phosphoric ester groups is 1. The third-order valence-corrected chi connectivity index (χ3v) is 14.0. The van der Waals surface area contributed by atoms with Gasteiger partial charge in [-0.05, 0) is 25.1 Å². The van der Waals surface area contributed by atoms with E-state index in [-0.39, 0.29) is 27.6 Å². The van der Waals surface area contributed by atoms with Crippen LogP contribution in [0.1, 0.15) is 50.7 Å². The summed E-state index contributed by atoms with van der Waals surface area (Å²) < 4.78 is 43.9.